The van der Waals surface area contributed by atoms with Crippen LogP contribution in [0.2, 0.25) is 0 Å². The zero-order chi connectivity index (χ0) is 12.5. The molecular formula is C16H21NO. The first kappa shape index (κ1) is 11.6. The zero-order valence-electron chi connectivity index (χ0n) is 11.1. The molecule has 1 aromatic carbocycles. The van der Waals surface area contributed by atoms with Crippen molar-refractivity contribution >= 4 is 5.69 Å². The van der Waals surface area contributed by atoms with Gasteiger partial charge in [-0.3, -0.25) is 0 Å². The number of methoxy groups -OCH3 is 1. The fraction of sp³-hybridized carbons (Fsp3) is 0.500. The van der Waals surface area contributed by atoms with Crippen molar-refractivity contribution in [2.75, 3.05) is 12.4 Å². The largest absolute Gasteiger partial charge is 0.497 e. The average Bonchev–Trinajstić information content (AvgIpc) is 3.01. The van der Waals surface area contributed by atoms with Gasteiger partial charge in [-0.15, -0.1) is 0 Å². The van der Waals surface area contributed by atoms with Crippen LogP contribution in [0.5, 0.6) is 5.75 Å². The molecule has 4 unspecified atom stereocenters. The lowest BCUT2D eigenvalue weighted by molar-refractivity contribution is 0.399. The number of anilines is 1. The maximum absolute atomic E-state index is 5.26. The van der Waals surface area contributed by atoms with Crippen molar-refractivity contribution < 1.29 is 4.74 Å². The Morgan fingerprint density at radius 1 is 1.28 bits per heavy atom. The topological polar surface area (TPSA) is 21.3 Å². The van der Waals surface area contributed by atoms with Gasteiger partial charge in [-0.2, -0.15) is 0 Å². The van der Waals surface area contributed by atoms with Crippen LogP contribution in [0.15, 0.2) is 36.4 Å². The summed E-state index contributed by atoms with van der Waals surface area (Å²) in [7, 11) is 1.71. The van der Waals surface area contributed by atoms with Crippen LogP contribution < -0.4 is 10.1 Å². The van der Waals surface area contributed by atoms with E-state index in [0.29, 0.717) is 6.04 Å². The quantitative estimate of drug-likeness (QED) is 0.814. The van der Waals surface area contributed by atoms with Gasteiger partial charge < -0.3 is 10.1 Å². The van der Waals surface area contributed by atoms with Crippen LogP contribution in [-0.4, -0.2) is 13.2 Å². The van der Waals surface area contributed by atoms with E-state index in [1.165, 1.54) is 12.8 Å². The highest BCUT2D eigenvalue weighted by molar-refractivity contribution is 5.49. The summed E-state index contributed by atoms with van der Waals surface area (Å²) in [6.07, 6.45) is 7.54. The van der Waals surface area contributed by atoms with E-state index in [2.05, 4.69) is 36.5 Å². The van der Waals surface area contributed by atoms with Gasteiger partial charge in [0.05, 0.1) is 7.11 Å². The van der Waals surface area contributed by atoms with Crippen LogP contribution in [0, 0.1) is 17.8 Å². The number of rotatable bonds is 4. The van der Waals surface area contributed by atoms with E-state index in [9.17, 15) is 0 Å². The Morgan fingerprint density at radius 2 is 2.17 bits per heavy atom. The second-order valence-corrected chi connectivity index (χ2v) is 5.61. The molecule has 1 fully saturated rings. The van der Waals surface area contributed by atoms with E-state index >= 15 is 0 Å². The molecule has 3 rings (SSSR count). The van der Waals surface area contributed by atoms with Gasteiger partial charge in [0, 0.05) is 17.8 Å². The molecule has 0 amide bonds. The monoisotopic (exact) mass is 243 g/mol. The van der Waals surface area contributed by atoms with Gasteiger partial charge in [-0.25, -0.2) is 0 Å². The molecule has 2 heteroatoms. The maximum atomic E-state index is 5.26. The Labute approximate surface area is 109 Å². The SMILES string of the molecule is COc1cccc(NC(C)C2CC3C=CC2C3)c1. The Hall–Kier alpha value is -1.44. The highest BCUT2D eigenvalue weighted by Crippen LogP contribution is 2.45. The third-order valence-corrected chi connectivity index (χ3v) is 4.44. The Balaban J connectivity index is 1.67. The lowest BCUT2D eigenvalue weighted by atomic mass is 9.87. The Bertz CT molecular complexity index is 454. The minimum absolute atomic E-state index is 0.525. The van der Waals surface area contributed by atoms with E-state index in [0.717, 1.165) is 29.2 Å². The summed E-state index contributed by atoms with van der Waals surface area (Å²) in [6, 6.07) is 8.73. The average molecular weight is 243 g/mol. The molecule has 0 aliphatic heterocycles. The normalized spacial score (nSPS) is 30.4. The molecule has 0 saturated heterocycles. The van der Waals surface area contributed by atoms with Gasteiger partial charge in [0.2, 0.25) is 0 Å². The van der Waals surface area contributed by atoms with Crippen molar-refractivity contribution in [2.45, 2.75) is 25.8 Å². The lowest BCUT2D eigenvalue weighted by Gasteiger charge is -2.27. The van der Waals surface area contributed by atoms with Crippen LogP contribution in [0.25, 0.3) is 0 Å². The molecule has 1 N–H and O–H groups in total. The number of nitrogens with one attached hydrogen (secondary N) is 1. The number of fused-ring (bicyclic) bond motifs is 2. The molecule has 0 aromatic heterocycles. The van der Waals surface area contributed by atoms with E-state index in [1.54, 1.807) is 7.11 Å². The number of hydrogen-bond donors (Lipinski definition) is 1. The standard InChI is InChI=1S/C16H21NO/c1-11(16-9-12-6-7-13(16)8-12)17-14-4-3-5-15(10-14)18-2/h3-7,10-13,16-17H,8-9H2,1-2H3. The summed E-state index contributed by atoms with van der Waals surface area (Å²) in [5.41, 5.74) is 1.16. The van der Waals surface area contributed by atoms with Crippen molar-refractivity contribution in [3.63, 3.8) is 0 Å². The highest BCUT2D eigenvalue weighted by atomic mass is 16.5. The van der Waals surface area contributed by atoms with E-state index in [1.807, 2.05) is 12.1 Å². The minimum atomic E-state index is 0.525. The second kappa shape index (κ2) is 4.68. The van der Waals surface area contributed by atoms with Crippen LogP contribution in [-0.2, 0) is 0 Å². The summed E-state index contributed by atoms with van der Waals surface area (Å²) >= 11 is 0. The maximum Gasteiger partial charge on any atom is 0.120 e. The predicted octanol–water partition coefficient (Wildman–Crippen LogP) is 3.71. The van der Waals surface area contributed by atoms with E-state index < -0.39 is 0 Å². The summed E-state index contributed by atoms with van der Waals surface area (Å²) < 4.78 is 5.26. The van der Waals surface area contributed by atoms with Crippen LogP contribution in [0.4, 0.5) is 5.69 Å². The van der Waals surface area contributed by atoms with E-state index in [-0.39, 0.29) is 0 Å². The molecule has 0 spiro atoms. The lowest BCUT2D eigenvalue weighted by Crippen LogP contribution is -2.28. The molecule has 1 aromatic rings. The second-order valence-electron chi connectivity index (χ2n) is 5.61. The third-order valence-electron chi connectivity index (χ3n) is 4.44. The van der Waals surface area contributed by atoms with Gasteiger partial charge in [0.15, 0.2) is 0 Å². The van der Waals surface area contributed by atoms with Crippen LogP contribution in [0.1, 0.15) is 19.8 Å². The van der Waals surface area contributed by atoms with Gasteiger partial charge in [0.1, 0.15) is 5.75 Å². The molecule has 2 aliphatic carbocycles. The van der Waals surface area contributed by atoms with Crippen molar-refractivity contribution in [1.29, 1.82) is 0 Å². The summed E-state index contributed by atoms with van der Waals surface area (Å²) in [5, 5.41) is 3.63. The predicted molar refractivity (Wildman–Crippen MR) is 74.9 cm³/mol. The van der Waals surface area contributed by atoms with Crippen molar-refractivity contribution in [3.8, 4) is 5.75 Å². The summed E-state index contributed by atoms with van der Waals surface area (Å²) in [6.45, 7) is 2.30. The molecule has 2 nitrogen and oxygen atoms in total. The number of benzene rings is 1. The Kier molecular flexibility index (Phi) is 3.02. The Morgan fingerprint density at radius 3 is 2.83 bits per heavy atom. The summed E-state index contributed by atoms with van der Waals surface area (Å²) in [5.74, 6) is 3.34. The molecule has 4 atom stereocenters. The van der Waals surface area contributed by atoms with Gasteiger partial charge in [-0.05, 0) is 49.7 Å². The fourth-order valence-electron chi connectivity index (χ4n) is 3.48. The molecule has 0 radical (unpaired) electrons. The van der Waals surface area contributed by atoms with Crippen molar-refractivity contribution in [3.05, 3.63) is 36.4 Å². The molecule has 1 saturated carbocycles. The third kappa shape index (κ3) is 2.12. The van der Waals surface area contributed by atoms with Crippen LogP contribution in [0.3, 0.4) is 0 Å². The number of allylic oxidation sites excluding steroid dienone is 2. The first-order chi connectivity index (χ1) is 8.76. The first-order valence-corrected chi connectivity index (χ1v) is 6.85. The molecule has 2 aliphatic rings. The number of hydrogen-bond acceptors (Lipinski definition) is 2. The van der Waals surface area contributed by atoms with Gasteiger partial charge >= 0.3 is 0 Å². The van der Waals surface area contributed by atoms with Crippen LogP contribution >= 0.6 is 0 Å². The fourth-order valence-corrected chi connectivity index (χ4v) is 3.48. The van der Waals surface area contributed by atoms with Gasteiger partial charge in [0.25, 0.3) is 0 Å². The smallest absolute Gasteiger partial charge is 0.120 e. The molecule has 2 bridgehead atoms. The van der Waals surface area contributed by atoms with E-state index in [4.69, 9.17) is 4.74 Å². The van der Waals surface area contributed by atoms with Crippen molar-refractivity contribution in [2.24, 2.45) is 17.8 Å². The first-order valence-electron chi connectivity index (χ1n) is 6.85. The molecule has 96 valence electrons. The molecule has 18 heavy (non-hydrogen) atoms. The van der Waals surface area contributed by atoms with Gasteiger partial charge in [-0.1, -0.05) is 18.2 Å². The molecule has 0 heterocycles. The summed E-state index contributed by atoms with van der Waals surface area (Å²) in [4.78, 5) is 0. The van der Waals surface area contributed by atoms with Crippen molar-refractivity contribution in [1.82, 2.24) is 0 Å². The zero-order valence-corrected chi connectivity index (χ0v) is 11.1. The minimum Gasteiger partial charge on any atom is -0.497 e. The molecular weight excluding hydrogens is 222 g/mol. The highest BCUT2D eigenvalue weighted by Gasteiger charge is 2.38. The number of ether oxygens (including phenoxy) is 1.